The molecule has 0 unspecified atom stereocenters. The molecular weight excluding hydrogens is 520 g/mol. The molecule has 2 atom stereocenters. The maximum Gasteiger partial charge on any atom is 0.413 e. The van der Waals surface area contributed by atoms with Crippen LogP contribution in [0.4, 0.5) is 9.93 Å². The van der Waals surface area contributed by atoms with Crippen molar-refractivity contribution in [3.8, 4) is 0 Å². The van der Waals surface area contributed by atoms with Gasteiger partial charge in [0.05, 0.1) is 6.04 Å². The van der Waals surface area contributed by atoms with Gasteiger partial charge in [-0.25, -0.2) is 14.6 Å². The number of β-lactam (4-membered cyclic amide) rings is 1. The van der Waals surface area contributed by atoms with E-state index in [9.17, 15) is 29.1 Å². The van der Waals surface area contributed by atoms with Crippen LogP contribution < -0.4 is 21.5 Å². The molecule has 0 aliphatic carbocycles. The first-order valence-corrected chi connectivity index (χ1v) is 12.3. The summed E-state index contributed by atoms with van der Waals surface area (Å²) >= 11 is 0.959. The van der Waals surface area contributed by atoms with E-state index in [1.54, 1.807) is 39.1 Å². The number of carboxylic acids is 1. The van der Waals surface area contributed by atoms with Crippen molar-refractivity contribution in [1.29, 1.82) is 0 Å². The number of aromatic nitrogens is 2. The number of carbonyl (C=O) groups is 4. The number of ether oxygens (including phenoxy) is 1. The van der Waals surface area contributed by atoms with Crippen molar-refractivity contribution in [3.05, 3.63) is 45.8 Å². The van der Waals surface area contributed by atoms with E-state index in [2.05, 4.69) is 26.1 Å². The van der Waals surface area contributed by atoms with Crippen LogP contribution in [0.2, 0.25) is 0 Å². The van der Waals surface area contributed by atoms with Gasteiger partial charge in [-0.2, -0.15) is 0 Å². The number of nitrogens with one attached hydrogen (secondary N) is 3. The van der Waals surface area contributed by atoms with Crippen molar-refractivity contribution in [2.45, 2.75) is 64.4 Å². The van der Waals surface area contributed by atoms with Crippen LogP contribution in [-0.2, 0) is 30.5 Å². The molecular formula is C23H28N6O8S. The minimum absolute atomic E-state index is 0.0460. The molecule has 14 nitrogen and oxygen atoms in total. The van der Waals surface area contributed by atoms with Crippen LogP contribution in [0.5, 0.6) is 0 Å². The van der Waals surface area contributed by atoms with Crippen molar-refractivity contribution >= 4 is 46.1 Å². The molecule has 1 saturated heterocycles. The van der Waals surface area contributed by atoms with Gasteiger partial charge < -0.3 is 29.9 Å². The van der Waals surface area contributed by atoms with Crippen molar-refractivity contribution in [1.82, 2.24) is 20.2 Å². The van der Waals surface area contributed by atoms with E-state index >= 15 is 0 Å². The lowest BCUT2D eigenvalue weighted by Gasteiger charge is -2.37. The first kappa shape index (κ1) is 28.3. The van der Waals surface area contributed by atoms with Crippen LogP contribution in [0.3, 0.4) is 0 Å². The normalized spacial score (nSPS) is 17.6. The van der Waals surface area contributed by atoms with Gasteiger partial charge in [0.15, 0.2) is 10.8 Å². The number of oxime groups is 1. The van der Waals surface area contributed by atoms with Gasteiger partial charge >= 0.3 is 12.1 Å². The summed E-state index contributed by atoms with van der Waals surface area (Å²) in [5.41, 5.74) is -3.29. The largest absolute Gasteiger partial charge is 0.478 e. The summed E-state index contributed by atoms with van der Waals surface area (Å²) in [5.74, 6) is -2.70. The molecule has 2 aromatic heterocycles. The van der Waals surface area contributed by atoms with Crippen LogP contribution in [0, 0.1) is 0 Å². The number of carbonyl (C=O) groups excluding carboxylic acids is 3. The second-order valence-corrected chi connectivity index (χ2v) is 10.6. The van der Waals surface area contributed by atoms with Crippen molar-refractivity contribution in [2.24, 2.45) is 5.16 Å². The lowest BCUT2D eigenvalue weighted by molar-refractivity contribution is -0.161. The number of pyridine rings is 1. The van der Waals surface area contributed by atoms with Gasteiger partial charge in [0.2, 0.25) is 11.5 Å². The Kier molecular flexibility index (Phi) is 8.19. The zero-order valence-electron chi connectivity index (χ0n) is 21.3. The molecule has 0 spiro atoms. The standard InChI is InChI=1S/C23H28N6O8S/c1-22(2,3)36-21(35)27-20-25-13(11-38-20)16(28-37-23(4,5)19(33)34)18(32)26-15-12(24-17(15)31)10-29-9-7-6-8-14(29)30/h6-9,11-12,15H,10H2,1-5H3,(H,24,31)(H,26,32)(H,33,34)(H,25,27,35)/t12-,15-/m0/s1. The molecule has 0 aromatic carbocycles. The highest BCUT2D eigenvalue weighted by Crippen LogP contribution is 2.20. The van der Waals surface area contributed by atoms with Gasteiger partial charge in [-0.15, -0.1) is 11.3 Å². The molecule has 1 fully saturated rings. The Morgan fingerprint density at radius 3 is 2.53 bits per heavy atom. The molecule has 1 aliphatic rings. The fourth-order valence-electron chi connectivity index (χ4n) is 3.03. The first-order valence-electron chi connectivity index (χ1n) is 11.4. The fourth-order valence-corrected chi connectivity index (χ4v) is 3.71. The lowest BCUT2D eigenvalue weighted by atomic mass is 9.98. The quantitative estimate of drug-likeness (QED) is 0.200. The van der Waals surface area contributed by atoms with Gasteiger partial charge in [-0.3, -0.25) is 19.7 Å². The highest BCUT2D eigenvalue weighted by atomic mass is 32.1. The van der Waals surface area contributed by atoms with E-state index in [4.69, 9.17) is 9.57 Å². The number of anilines is 1. The molecule has 3 amide bonds. The number of hydrogen-bond acceptors (Lipinski definition) is 10. The molecule has 38 heavy (non-hydrogen) atoms. The van der Waals surface area contributed by atoms with Crippen LogP contribution in [-0.4, -0.2) is 67.5 Å². The molecule has 204 valence electrons. The fraction of sp³-hybridized carbons (Fsp3) is 0.435. The monoisotopic (exact) mass is 548 g/mol. The summed E-state index contributed by atoms with van der Waals surface area (Å²) in [7, 11) is 0. The molecule has 3 heterocycles. The molecule has 2 aromatic rings. The third kappa shape index (κ3) is 7.15. The first-order chi connectivity index (χ1) is 17.7. The molecule has 0 bridgehead atoms. The van der Waals surface area contributed by atoms with Crippen LogP contribution in [0.15, 0.2) is 39.7 Å². The predicted octanol–water partition coefficient (Wildman–Crippen LogP) is 0.919. The van der Waals surface area contributed by atoms with Gasteiger partial charge in [0.1, 0.15) is 17.3 Å². The Labute approximate surface area is 221 Å². The molecule has 4 N–H and O–H groups in total. The summed E-state index contributed by atoms with van der Waals surface area (Å²) in [6.07, 6.45) is 0.782. The summed E-state index contributed by atoms with van der Waals surface area (Å²) in [6, 6.07) is 3.01. The van der Waals surface area contributed by atoms with Gasteiger partial charge in [-0.05, 0) is 40.7 Å². The molecule has 3 rings (SSSR count). The number of aliphatic carboxylic acids is 1. The Morgan fingerprint density at radius 2 is 1.92 bits per heavy atom. The average molecular weight is 549 g/mol. The summed E-state index contributed by atoms with van der Waals surface area (Å²) < 4.78 is 6.56. The summed E-state index contributed by atoms with van der Waals surface area (Å²) in [5, 5.41) is 22.1. The highest BCUT2D eigenvalue weighted by molar-refractivity contribution is 7.14. The maximum absolute atomic E-state index is 13.2. The Balaban J connectivity index is 1.81. The minimum Gasteiger partial charge on any atom is -0.478 e. The molecule has 1 aliphatic heterocycles. The number of rotatable bonds is 9. The zero-order valence-corrected chi connectivity index (χ0v) is 22.1. The molecule has 0 radical (unpaired) electrons. The van der Waals surface area contributed by atoms with Gasteiger partial charge in [0.25, 0.3) is 11.5 Å². The third-order valence-electron chi connectivity index (χ3n) is 5.04. The van der Waals surface area contributed by atoms with Crippen LogP contribution in [0.25, 0.3) is 0 Å². The Bertz CT molecular complexity index is 1330. The van der Waals surface area contributed by atoms with Crippen molar-refractivity contribution < 1.29 is 33.9 Å². The minimum atomic E-state index is -1.79. The third-order valence-corrected chi connectivity index (χ3v) is 5.80. The second kappa shape index (κ2) is 11.0. The van der Waals surface area contributed by atoms with E-state index in [-0.39, 0.29) is 22.9 Å². The number of thiazole rings is 1. The average Bonchev–Trinajstić information content (AvgIpc) is 3.25. The number of hydrogen-bond donors (Lipinski definition) is 4. The Morgan fingerprint density at radius 1 is 1.21 bits per heavy atom. The summed E-state index contributed by atoms with van der Waals surface area (Å²) in [6.45, 7) is 7.64. The second-order valence-electron chi connectivity index (χ2n) is 9.77. The summed E-state index contributed by atoms with van der Waals surface area (Å²) in [4.78, 5) is 70.2. The highest BCUT2D eigenvalue weighted by Gasteiger charge is 2.42. The number of amides is 3. The van der Waals surface area contributed by atoms with E-state index in [1.807, 2.05) is 0 Å². The number of nitrogens with zero attached hydrogens (tertiary/aromatic N) is 3. The van der Waals surface area contributed by atoms with Crippen molar-refractivity contribution in [3.63, 3.8) is 0 Å². The number of carboxylic acid groups (broad SMARTS) is 1. The molecule has 15 heteroatoms. The lowest BCUT2D eigenvalue weighted by Crippen LogP contribution is -2.71. The SMILES string of the molecule is CC(C)(C)OC(=O)Nc1nc(C(=NOC(C)(C)C(=O)O)C(=O)N[C@@H]2C(=O)N[C@H]2Cn2ccccc2=O)cs1. The molecule has 0 saturated carbocycles. The van der Waals surface area contributed by atoms with Crippen LogP contribution in [0.1, 0.15) is 40.3 Å². The van der Waals surface area contributed by atoms with Crippen LogP contribution >= 0.6 is 11.3 Å². The van der Waals surface area contributed by atoms with Gasteiger partial charge in [-0.1, -0.05) is 11.2 Å². The smallest absolute Gasteiger partial charge is 0.413 e. The van der Waals surface area contributed by atoms with E-state index in [0.717, 1.165) is 11.3 Å². The van der Waals surface area contributed by atoms with E-state index in [1.165, 1.54) is 29.9 Å². The Hall–Kier alpha value is -4.27. The predicted molar refractivity (Wildman–Crippen MR) is 136 cm³/mol. The van der Waals surface area contributed by atoms with E-state index in [0.29, 0.717) is 0 Å². The van der Waals surface area contributed by atoms with E-state index < -0.39 is 52.9 Å². The topological polar surface area (TPSA) is 190 Å². The van der Waals surface area contributed by atoms with Crippen molar-refractivity contribution in [2.75, 3.05) is 5.32 Å². The van der Waals surface area contributed by atoms with Gasteiger partial charge in [0, 0.05) is 24.2 Å². The maximum atomic E-state index is 13.2. The zero-order chi connectivity index (χ0) is 28.3.